The van der Waals surface area contributed by atoms with Gasteiger partial charge in [-0.05, 0) is 30.8 Å². The van der Waals surface area contributed by atoms with Crippen LogP contribution in [0.4, 0.5) is 5.69 Å². The van der Waals surface area contributed by atoms with Crippen LogP contribution >= 0.6 is 12.2 Å². The van der Waals surface area contributed by atoms with Gasteiger partial charge in [-0.1, -0.05) is 12.1 Å². The lowest BCUT2D eigenvalue weighted by molar-refractivity contribution is -0.124. The maximum Gasteiger partial charge on any atom is 0.265 e. The topological polar surface area (TPSA) is 83.1 Å². The highest BCUT2D eigenvalue weighted by Gasteiger charge is 2.25. The zero-order valence-electron chi connectivity index (χ0n) is 15.0. The van der Waals surface area contributed by atoms with Crippen molar-refractivity contribution in [2.75, 3.05) is 45.4 Å². The lowest BCUT2D eigenvalue weighted by Gasteiger charge is -2.29. The summed E-state index contributed by atoms with van der Waals surface area (Å²) in [7, 11) is 3.31. The molecule has 2 rings (SSSR count). The van der Waals surface area contributed by atoms with Gasteiger partial charge < -0.3 is 19.7 Å². The second-order valence-corrected chi connectivity index (χ2v) is 6.11. The molecule has 26 heavy (non-hydrogen) atoms. The predicted molar refractivity (Wildman–Crippen MR) is 102 cm³/mol. The number of rotatable bonds is 7. The number of benzene rings is 1. The minimum absolute atomic E-state index is 0.0198. The van der Waals surface area contributed by atoms with E-state index in [-0.39, 0.29) is 31.4 Å². The maximum atomic E-state index is 12.2. The molecule has 8 nitrogen and oxygen atoms in total. The first-order valence-electron chi connectivity index (χ1n) is 8.35. The number of fused-ring (bicyclic) bond motifs is 1. The van der Waals surface area contributed by atoms with Crippen LogP contribution in [0.2, 0.25) is 0 Å². The van der Waals surface area contributed by atoms with E-state index in [1.807, 2.05) is 12.1 Å². The van der Waals surface area contributed by atoms with E-state index in [1.54, 1.807) is 31.2 Å². The number of ether oxygens (including phenoxy) is 2. The second-order valence-electron chi connectivity index (χ2n) is 5.72. The van der Waals surface area contributed by atoms with Gasteiger partial charge in [0.15, 0.2) is 11.7 Å². The van der Waals surface area contributed by atoms with E-state index in [0.29, 0.717) is 29.7 Å². The minimum Gasteiger partial charge on any atom is -0.482 e. The fourth-order valence-corrected chi connectivity index (χ4v) is 2.58. The fraction of sp³-hybridized carbons (Fsp3) is 0.471. The highest BCUT2D eigenvalue weighted by molar-refractivity contribution is 7.80. The summed E-state index contributed by atoms with van der Waals surface area (Å²) < 4.78 is 10.4. The van der Waals surface area contributed by atoms with Crippen molar-refractivity contribution in [1.29, 1.82) is 0 Å². The summed E-state index contributed by atoms with van der Waals surface area (Å²) in [5.74, 6) is 0.247. The molecule has 0 aromatic heterocycles. The van der Waals surface area contributed by atoms with Gasteiger partial charge in [0.2, 0.25) is 5.91 Å². The van der Waals surface area contributed by atoms with E-state index in [2.05, 4.69) is 10.7 Å². The molecule has 2 amide bonds. The SMILES string of the molecule is COCCCNC(=S)N(C)NC(=O)CCN1C(=O)COc2ccccc21. The highest BCUT2D eigenvalue weighted by Crippen LogP contribution is 2.31. The zero-order valence-corrected chi connectivity index (χ0v) is 15.8. The summed E-state index contributed by atoms with van der Waals surface area (Å²) in [6.45, 7) is 1.55. The molecule has 2 N–H and O–H groups in total. The molecule has 0 spiro atoms. The van der Waals surface area contributed by atoms with Gasteiger partial charge in [-0.3, -0.25) is 20.0 Å². The van der Waals surface area contributed by atoms with Crippen molar-refractivity contribution < 1.29 is 19.1 Å². The smallest absolute Gasteiger partial charge is 0.265 e. The summed E-state index contributed by atoms with van der Waals surface area (Å²) in [6.07, 6.45) is 0.966. The van der Waals surface area contributed by atoms with E-state index in [0.717, 1.165) is 6.42 Å². The van der Waals surface area contributed by atoms with Gasteiger partial charge in [0.05, 0.1) is 5.69 Å². The molecule has 1 aliphatic heterocycles. The van der Waals surface area contributed by atoms with Gasteiger partial charge >= 0.3 is 0 Å². The number of nitrogens with zero attached hydrogens (tertiary/aromatic N) is 2. The lowest BCUT2D eigenvalue weighted by atomic mass is 10.2. The molecule has 1 heterocycles. The van der Waals surface area contributed by atoms with Gasteiger partial charge in [0.25, 0.3) is 5.91 Å². The number of amides is 2. The van der Waals surface area contributed by atoms with E-state index >= 15 is 0 Å². The van der Waals surface area contributed by atoms with Crippen molar-refractivity contribution >= 4 is 34.8 Å². The third-order valence-electron chi connectivity index (χ3n) is 3.77. The van der Waals surface area contributed by atoms with Crippen LogP contribution in [0.15, 0.2) is 24.3 Å². The predicted octanol–water partition coefficient (Wildman–Crippen LogP) is 0.676. The summed E-state index contributed by atoms with van der Waals surface area (Å²) in [4.78, 5) is 25.8. The molecule has 9 heteroatoms. The van der Waals surface area contributed by atoms with Crippen LogP contribution in [0.3, 0.4) is 0 Å². The Hall–Kier alpha value is -2.39. The monoisotopic (exact) mass is 380 g/mol. The average Bonchev–Trinajstić information content (AvgIpc) is 2.64. The van der Waals surface area contributed by atoms with E-state index < -0.39 is 0 Å². The first kappa shape index (κ1) is 19.9. The van der Waals surface area contributed by atoms with Crippen LogP contribution in [0.1, 0.15) is 12.8 Å². The Labute approximate surface area is 158 Å². The standard InChI is InChI=1S/C17H24N4O4S/c1-20(17(26)18-9-5-11-24-2)19-15(22)8-10-21-13-6-3-4-7-14(13)25-12-16(21)23/h3-4,6-7H,5,8-12H2,1-2H3,(H,18,26)(H,19,22). The number of thiocarbonyl (C=S) groups is 1. The van der Waals surface area contributed by atoms with Crippen LogP contribution in [0, 0.1) is 0 Å². The first-order chi connectivity index (χ1) is 12.5. The molecule has 0 unspecified atom stereocenters. The highest BCUT2D eigenvalue weighted by atomic mass is 32.1. The molecule has 0 aliphatic carbocycles. The van der Waals surface area contributed by atoms with Crippen molar-refractivity contribution in [3.05, 3.63) is 24.3 Å². The van der Waals surface area contributed by atoms with Crippen LogP contribution in [0.5, 0.6) is 5.75 Å². The average molecular weight is 380 g/mol. The number of carbonyl (C=O) groups is 2. The van der Waals surface area contributed by atoms with E-state index in [9.17, 15) is 9.59 Å². The number of anilines is 1. The molecule has 1 aromatic rings. The first-order valence-corrected chi connectivity index (χ1v) is 8.76. The minimum atomic E-state index is -0.231. The van der Waals surface area contributed by atoms with Crippen LogP contribution in [0.25, 0.3) is 0 Å². The molecule has 0 saturated heterocycles. The Balaban J connectivity index is 1.79. The van der Waals surface area contributed by atoms with Crippen molar-refractivity contribution in [3.8, 4) is 5.75 Å². The number of methoxy groups -OCH3 is 1. The molecule has 1 aliphatic rings. The molecular formula is C17H24N4O4S. The molecule has 0 radical (unpaired) electrons. The maximum absolute atomic E-state index is 12.2. The number of hydrogen-bond donors (Lipinski definition) is 2. The van der Waals surface area contributed by atoms with E-state index in [4.69, 9.17) is 21.7 Å². The quantitative estimate of drug-likeness (QED) is 0.409. The number of nitrogens with one attached hydrogen (secondary N) is 2. The molecule has 0 bridgehead atoms. The molecule has 1 aromatic carbocycles. The lowest BCUT2D eigenvalue weighted by Crippen LogP contribution is -2.49. The van der Waals surface area contributed by atoms with Gasteiger partial charge in [0, 0.05) is 40.3 Å². The second kappa shape index (κ2) is 9.93. The molecule has 0 saturated carbocycles. The number of hydrogen-bond acceptors (Lipinski definition) is 5. The third-order valence-corrected chi connectivity index (χ3v) is 4.19. The Bertz CT molecular complexity index is 655. The number of hydrazine groups is 1. The van der Waals surface area contributed by atoms with Crippen molar-refractivity contribution in [2.45, 2.75) is 12.8 Å². The van der Waals surface area contributed by atoms with Crippen molar-refractivity contribution in [3.63, 3.8) is 0 Å². The zero-order chi connectivity index (χ0) is 18.9. The number of para-hydroxylation sites is 2. The summed E-state index contributed by atoms with van der Waals surface area (Å²) in [5, 5.41) is 4.91. The third kappa shape index (κ3) is 5.57. The largest absolute Gasteiger partial charge is 0.482 e. The van der Waals surface area contributed by atoms with Gasteiger partial charge in [-0.15, -0.1) is 0 Å². The van der Waals surface area contributed by atoms with Crippen LogP contribution in [-0.4, -0.2) is 62.4 Å². The molecule has 0 atom stereocenters. The summed E-state index contributed by atoms with van der Waals surface area (Å²) >= 11 is 5.20. The fourth-order valence-electron chi connectivity index (χ4n) is 2.44. The van der Waals surface area contributed by atoms with Crippen molar-refractivity contribution in [2.24, 2.45) is 0 Å². The van der Waals surface area contributed by atoms with Gasteiger partial charge in [0.1, 0.15) is 5.75 Å². The molecular weight excluding hydrogens is 356 g/mol. The normalized spacial score (nSPS) is 12.8. The summed E-state index contributed by atoms with van der Waals surface area (Å²) in [6, 6.07) is 7.27. The Morgan fingerprint density at radius 1 is 1.42 bits per heavy atom. The van der Waals surface area contributed by atoms with Crippen LogP contribution < -0.4 is 20.4 Å². The Kier molecular flexibility index (Phi) is 7.61. The van der Waals surface area contributed by atoms with E-state index in [1.165, 1.54) is 5.01 Å². The van der Waals surface area contributed by atoms with Crippen LogP contribution in [-0.2, 0) is 14.3 Å². The van der Waals surface area contributed by atoms with Gasteiger partial charge in [-0.25, -0.2) is 0 Å². The number of carbonyl (C=O) groups excluding carboxylic acids is 2. The van der Waals surface area contributed by atoms with Gasteiger partial charge in [-0.2, -0.15) is 0 Å². The summed E-state index contributed by atoms with van der Waals surface area (Å²) in [5.41, 5.74) is 3.37. The molecule has 142 valence electrons. The van der Waals surface area contributed by atoms with Crippen molar-refractivity contribution in [1.82, 2.24) is 15.8 Å². The molecule has 0 fully saturated rings. The Morgan fingerprint density at radius 3 is 2.96 bits per heavy atom. The Morgan fingerprint density at radius 2 is 2.19 bits per heavy atom.